The van der Waals surface area contributed by atoms with E-state index in [0.29, 0.717) is 0 Å². The van der Waals surface area contributed by atoms with Crippen molar-refractivity contribution in [1.82, 2.24) is 0 Å². The molecule has 0 nitrogen and oxygen atoms in total. The Morgan fingerprint density at radius 3 is 2.82 bits per heavy atom. The van der Waals surface area contributed by atoms with Gasteiger partial charge in [0.05, 0.1) is 0 Å². The highest BCUT2D eigenvalue weighted by molar-refractivity contribution is 8.43. The van der Waals surface area contributed by atoms with Gasteiger partial charge in [0.2, 0.25) is 0 Å². The predicted molar refractivity (Wildman–Crippen MR) is 60.1 cm³/mol. The first kappa shape index (κ1) is 7.75. The van der Waals surface area contributed by atoms with E-state index in [1.165, 1.54) is 5.39 Å². The van der Waals surface area contributed by atoms with E-state index >= 15 is 0 Å². The highest BCUT2D eigenvalue weighted by Gasteiger charge is 1.97. The second kappa shape index (κ2) is 3.24. The number of rotatable bonds is 1. The lowest BCUT2D eigenvalue weighted by Crippen LogP contribution is -1.56. The molecule has 0 saturated heterocycles. The molecule has 3 unspecified atom stereocenters. The predicted octanol–water partition coefficient (Wildman–Crippen LogP) is 4.06. The molecular formula is C8H9P3. The minimum atomic E-state index is 0.0514. The zero-order valence-electron chi connectivity index (χ0n) is 5.99. The van der Waals surface area contributed by atoms with Gasteiger partial charge >= 0.3 is 0 Å². The van der Waals surface area contributed by atoms with Gasteiger partial charge in [-0.25, -0.2) is 0 Å². The van der Waals surface area contributed by atoms with Gasteiger partial charge in [-0.15, -0.1) is 8.93 Å². The Morgan fingerprint density at radius 1 is 1.18 bits per heavy atom. The summed E-state index contributed by atoms with van der Waals surface area (Å²) in [5.41, 5.74) is 0. The maximum Gasteiger partial charge on any atom is 0.00531 e. The highest BCUT2D eigenvalue weighted by atomic mass is 32.4. The zero-order chi connectivity index (χ0) is 7.68. The quantitative estimate of drug-likeness (QED) is 0.606. The summed E-state index contributed by atoms with van der Waals surface area (Å²) in [7, 11) is 3.88. The molecule has 0 radical (unpaired) electrons. The van der Waals surface area contributed by atoms with E-state index < -0.39 is 0 Å². The highest BCUT2D eigenvalue weighted by Crippen LogP contribution is 2.57. The van der Waals surface area contributed by atoms with Crippen LogP contribution in [0.4, 0.5) is 0 Å². The van der Waals surface area contributed by atoms with Gasteiger partial charge in [0.1, 0.15) is 0 Å². The van der Waals surface area contributed by atoms with E-state index in [1.807, 2.05) is 0 Å². The van der Waals surface area contributed by atoms with Crippen molar-refractivity contribution in [2.24, 2.45) is 0 Å². The third kappa shape index (κ3) is 1.36. The molecule has 0 amide bonds. The summed E-state index contributed by atoms with van der Waals surface area (Å²) in [5.74, 6) is 2.35. The van der Waals surface area contributed by atoms with Gasteiger partial charge in [-0.2, -0.15) is 0 Å². The average molecular weight is 198 g/mol. The van der Waals surface area contributed by atoms with Crippen molar-refractivity contribution in [3.05, 3.63) is 36.1 Å². The van der Waals surface area contributed by atoms with Crippen molar-refractivity contribution in [1.29, 1.82) is 0 Å². The van der Waals surface area contributed by atoms with Crippen LogP contribution in [0, 0.1) is 0 Å². The Labute approximate surface area is 71.2 Å². The zero-order valence-corrected chi connectivity index (χ0v) is 9.04. The van der Waals surface area contributed by atoms with Crippen molar-refractivity contribution in [2.45, 2.75) is 0 Å². The molecule has 1 aromatic carbocycles. The van der Waals surface area contributed by atoms with Crippen molar-refractivity contribution in [2.75, 3.05) is 0 Å². The van der Waals surface area contributed by atoms with Crippen LogP contribution in [0.15, 0.2) is 36.1 Å². The molecular weight excluding hydrogens is 189 g/mol. The Balaban J connectivity index is 2.76. The maximum atomic E-state index is 2.85. The van der Waals surface area contributed by atoms with E-state index in [9.17, 15) is 0 Å². The summed E-state index contributed by atoms with van der Waals surface area (Å²) >= 11 is 0. The van der Waals surface area contributed by atoms with Crippen LogP contribution in [0.2, 0.25) is 0 Å². The molecule has 0 aliphatic rings. The molecule has 1 aromatic heterocycles. The second-order valence-electron chi connectivity index (χ2n) is 2.37. The van der Waals surface area contributed by atoms with E-state index in [2.05, 4.69) is 45.1 Å². The third-order valence-electron chi connectivity index (χ3n) is 1.74. The molecule has 0 fully saturated rings. The minimum Gasteiger partial charge on any atom is -0.106 e. The van der Waals surface area contributed by atoms with Crippen LogP contribution in [0.25, 0.3) is 10.5 Å². The Bertz CT molecular complexity index is 364. The standard InChI is InChI=1S/C8H9P3/c9-10-11-6-5-7-3-1-2-4-8(7)11/h1-6,10H,9H2. The van der Waals surface area contributed by atoms with Crippen LogP contribution in [-0.2, 0) is 0 Å². The molecule has 56 valence electrons. The summed E-state index contributed by atoms with van der Waals surface area (Å²) in [6, 6.07) is 10.9. The molecule has 0 N–H and O–H groups in total. The lowest BCUT2D eigenvalue weighted by molar-refractivity contribution is 1.86. The molecule has 0 saturated carbocycles. The number of hydrogen-bond donors (Lipinski definition) is 0. The molecule has 1 heterocycles. The molecule has 11 heavy (non-hydrogen) atoms. The summed E-state index contributed by atoms with van der Waals surface area (Å²) < 4.78 is 0. The number of hydrogen-bond acceptors (Lipinski definition) is 0. The van der Waals surface area contributed by atoms with Crippen LogP contribution in [0.1, 0.15) is 0 Å². The molecule has 0 aliphatic heterocycles. The number of fused-ring (bicyclic) bond motifs is 1. The van der Waals surface area contributed by atoms with Crippen LogP contribution in [-0.4, -0.2) is 0 Å². The topological polar surface area (TPSA) is 0 Å². The first-order chi connectivity index (χ1) is 5.42. The Kier molecular flexibility index (Phi) is 2.28. The molecule has 0 bridgehead atoms. The van der Waals surface area contributed by atoms with Crippen LogP contribution >= 0.6 is 24.1 Å². The summed E-state index contributed by atoms with van der Waals surface area (Å²) in [6.45, 7) is 0. The second-order valence-corrected chi connectivity index (χ2v) is 8.70. The first-order valence-corrected chi connectivity index (χ1v) is 8.51. The van der Waals surface area contributed by atoms with Crippen LogP contribution < -0.4 is 0 Å². The van der Waals surface area contributed by atoms with Gasteiger partial charge < -0.3 is 0 Å². The Hall–Kier alpha value is 0.120. The van der Waals surface area contributed by atoms with E-state index in [-0.39, 0.29) is 7.22 Å². The summed E-state index contributed by atoms with van der Waals surface area (Å²) in [6.07, 6.45) is 0. The summed E-state index contributed by atoms with van der Waals surface area (Å²) in [4.78, 5) is 0. The monoisotopic (exact) mass is 198 g/mol. The van der Waals surface area contributed by atoms with E-state index in [1.54, 1.807) is 5.12 Å². The van der Waals surface area contributed by atoms with Gasteiger partial charge in [0.25, 0.3) is 0 Å². The lowest BCUT2D eigenvalue weighted by atomic mass is 10.3. The largest absolute Gasteiger partial charge is 0.106 e. The van der Waals surface area contributed by atoms with Crippen LogP contribution in [0.3, 0.4) is 0 Å². The SMILES string of the molecule is PPp1ccc2ccccc21. The molecule has 3 atom stereocenters. The van der Waals surface area contributed by atoms with Crippen molar-refractivity contribution in [3.8, 4) is 0 Å². The molecule has 2 aromatic rings. The smallest absolute Gasteiger partial charge is 0.00531 e. The van der Waals surface area contributed by atoms with Gasteiger partial charge in [0, 0.05) is 5.12 Å². The molecule has 0 aliphatic carbocycles. The fourth-order valence-corrected chi connectivity index (χ4v) is 6.10. The lowest BCUT2D eigenvalue weighted by Gasteiger charge is -1.93. The van der Waals surface area contributed by atoms with Crippen LogP contribution in [0.5, 0.6) is 0 Å². The van der Waals surface area contributed by atoms with E-state index in [4.69, 9.17) is 0 Å². The van der Waals surface area contributed by atoms with Crippen molar-refractivity contribution < 1.29 is 0 Å². The van der Waals surface area contributed by atoms with Gasteiger partial charge in [-0.05, 0) is 17.3 Å². The summed E-state index contributed by atoms with van der Waals surface area (Å²) in [5, 5.41) is 2.98. The Morgan fingerprint density at radius 2 is 2.00 bits per heavy atom. The van der Waals surface area contributed by atoms with Crippen molar-refractivity contribution >= 4 is 34.6 Å². The third-order valence-corrected chi connectivity index (χ3v) is 7.90. The fraction of sp³-hybridized carbons (Fsp3) is 0. The minimum absolute atomic E-state index is 0.0514. The fourth-order valence-electron chi connectivity index (χ4n) is 1.20. The number of benzene rings is 1. The maximum absolute atomic E-state index is 2.85. The molecule has 2 rings (SSSR count). The van der Waals surface area contributed by atoms with Gasteiger partial charge in [0.15, 0.2) is 0 Å². The molecule has 3 heteroatoms. The van der Waals surface area contributed by atoms with Crippen molar-refractivity contribution in [3.63, 3.8) is 0 Å². The normalized spacial score (nSPS) is 13.4. The van der Waals surface area contributed by atoms with Gasteiger partial charge in [-0.3, -0.25) is 0 Å². The van der Waals surface area contributed by atoms with E-state index in [0.717, 1.165) is 7.96 Å². The average Bonchev–Trinajstić information content (AvgIpc) is 2.47. The first-order valence-electron chi connectivity index (χ1n) is 3.44. The van der Waals surface area contributed by atoms with Gasteiger partial charge in [-0.1, -0.05) is 39.4 Å². The molecule has 0 spiro atoms.